The first kappa shape index (κ1) is 16.6. The molecule has 4 aromatic rings. The molecule has 2 aromatic heterocycles. The van der Waals surface area contributed by atoms with Gasteiger partial charge in [0.05, 0.1) is 29.9 Å². The fourth-order valence-corrected chi connectivity index (χ4v) is 2.77. The Labute approximate surface area is 152 Å². The lowest BCUT2D eigenvalue weighted by atomic mass is 10.2. The number of para-hydroxylation sites is 2. The van der Waals surface area contributed by atoms with Gasteiger partial charge >= 0.3 is 5.88 Å². The van der Waals surface area contributed by atoms with Crippen LogP contribution in [0.3, 0.4) is 0 Å². The SMILES string of the molecule is O=[N+]([O-])c1ccc(C=Nc2nc3ccccc3n2Cc2cccc(F)c2)o1. The molecule has 0 aliphatic carbocycles. The Hall–Kier alpha value is -3.81. The van der Waals surface area contributed by atoms with Gasteiger partial charge in [0.2, 0.25) is 5.95 Å². The van der Waals surface area contributed by atoms with Crippen LogP contribution >= 0.6 is 0 Å². The minimum absolute atomic E-state index is 0.242. The second-order valence-corrected chi connectivity index (χ2v) is 5.81. The number of imidazole rings is 1. The van der Waals surface area contributed by atoms with Gasteiger partial charge in [-0.15, -0.1) is 0 Å². The second-order valence-electron chi connectivity index (χ2n) is 5.81. The third-order valence-electron chi connectivity index (χ3n) is 3.96. The fraction of sp³-hybridized carbons (Fsp3) is 0.0526. The number of aliphatic imine (C=N–C) groups is 1. The first-order valence-corrected chi connectivity index (χ1v) is 8.08. The highest BCUT2D eigenvalue weighted by atomic mass is 19.1. The minimum Gasteiger partial charge on any atom is -0.400 e. The highest BCUT2D eigenvalue weighted by Crippen LogP contribution is 2.24. The molecule has 0 spiro atoms. The highest BCUT2D eigenvalue weighted by Gasteiger charge is 2.12. The highest BCUT2D eigenvalue weighted by molar-refractivity contribution is 5.82. The van der Waals surface area contributed by atoms with Crippen LogP contribution in [0.25, 0.3) is 11.0 Å². The van der Waals surface area contributed by atoms with Gasteiger partial charge in [0.25, 0.3) is 0 Å². The van der Waals surface area contributed by atoms with Crippen molar-refractivity contribution in [3.05, 3.63) is 87.9 Å². The Kier molecular flexibility index (Phi) is 4.21. The first-order valence-electron chi connectivity index (χ1n) is 8.08. The van der Waals surface area contributed by atoms with Crippen molar-refractivity contribution in [1.29, 1.82) is 0 Å². The minimum atomic E-state index is -0.615. The molecular weight excluding hydrogens is 351 g/mol. The molecule has 0 bridgehead atoms. The molecule has 0 atom stereocenters. The lowest BCUT2D eigenvalue weighted by molar-refractivity contribution is -0.402. The van der Waals surface area contributed by atoms with E-state index in [0.717, 1.165) is 16.6 Å². The Morgan fingerprint density at radius 3 is 2.81 bits per heavy atom. The average Bonchev–Trinajstić information content (AvgIpc) is 3.25. The third-order valence-corrected chi connectivity index (χ3v) is 3.96. The van der Waals surface area contributed by atoms with Gasteiger partial charge in [-0.3, -0.25) is 10.1 Å². The smallest absolute Gasteiger partial charge is 0.400 e. The van der Waals surface area contributed by atoms with Crippen molar-refractivity contribution in [2.45, 2.75) is 6.54 Å². The van der Waals surface area contributed by atoms with Crippen molar-refractivity contribution < 1.29 is 13.7 Å². The summed E-state index contributed by atoms with van der Waals surface area (Å²) in [7, 11) is 0. The van der Waals surface area contributed by atoms with E-state index in [1.807, 2.05) is 34.9 Å². The molecular formula is C19H13FN4O3. The number of hydrogen-bond acceptors (Lipinski definition) is 5. The maximum absolute atomic E-state index is 13.5. The number of nitrogens with zero attached hydrogens (tertiary/aromatic N) is 4. The molecule has 2 aromatic carbocycles. The Bertz CT molecular complexity index is 1160. The summed E-state index contributed by atoms with van der Waals surface area (Å²) in [5.41, 5.74) is 2.36. The van der Waals surface area contributed by atoms with Crippen molar-refractivity contribution in [3.63, 3.8) is 0 Å². The number of rotatable bonds is 5. The summed E-state index contributed by atoms with van der Waals surface area (Å²) in [5, 5.41) is 10.7. The summed E-state index contributed by atoms with van der Waals surface area (Å²) in [6, 6.07) is 16.5. The predicted octanol–water partition coefficient (Wildman–Crippen LogP) is 4.48. The van der Waals surface area contributed by atoms with E-state index in [-0.39, 0.29) is 17.5 Å². The van der Waals surface area contributed by atoms with Crippen LogP contribution < -0.4 is 0 Å². The number of hydrogen-bond donors (Lipinski definition) is 0. The summed E-state index contributed by atoms with van der Waals surface area (Å²) in [6.45, 7) is 0.378. The third kappa shape index (κ3) is 3.45. The average molecular weight is 364 g/mol. The van der Waals surface area contributed by atoms with E-state index in [1.54, 1.807) is 6.07 Å². The molecule has 0 radical (unpaired) electrons. The van der Waals surface area contributed by atoms with Crippen molar-refractivity contribution in [2.75, 3.05) is 0 Å². The van der Waals surface area contributed by atoms with Crippen LogP contribution in [0.5, 0.6) is 0 Å². The summed E-state index contributed by atoms with van der Waals surface area (Å²) in [4.78, 5) is 18.9. The Morgan fingerprint density at radius 1 is 1.19 bits per heavy atom. The van der Waals surface area contributed by atoms with Crippen molar-refractivity contribution in [1.82, 2.24) is 9.55 Å². The van der Waals surface area contributed by atoms with Crippen molar-refractivity contribution >= 4 is 29.1 Å². The number of fused-ring (bicyclic) bond motifs is 1. The van der Waals surface area contributed by atoms with E-state index in [9.17, 15) is 14.5 Å². The van der Waals surface area contributed by atoms with Gasteiger partial charge in [0, 0.05) is 0 Å². The van der Waals surface area contributed by atoms with Gasteiger partial charge in [-0.25, -0.2) is 14.4 Å². The van der Waals surface area contributed by atoms with Crippen molar-refractivity contribution in [2.24, 2.45) is 4.99 Å². The van der Waals surface area contributed by atoms with Gasteiger partial charge in [-0.2, -0.15) is 0 Å². The summed E-state index contributed by atoms with van der Waals surface area (Å²) in [6.07, 6.45) is 1.37. The van der Waals surface area contributed by atoms with Crippen LogP contribution in [0.2, 0.25) is 0 Å². The molecule has 2 heterocycles. The predicted molar refractivity (Wildman–Crippen MR) is 97.9 cm³/mol. The van der Waals surface area contributed by atoms with E-state index in [0.29, 0.717) is 12.5 Å². The number of nitro groups is 1. The van der Waals surface area contributed by atoms with Crippen LogP contribution in [0.4, 0.5) is 16.2 Å². The maximum Gasteiger partial charge on any atom is 0.433 e. The van der Waals surface area contributed by atoms with Crippen LogP contribution in [-0.2, 0) is 6.54 Å². The normalized spacial score (nSPS) is 11.4. The van der Waals surface area contributed by atoms with E-state index in [2.05, 4.69) is 9.98 Å². The lowest BCUT2D eigenvalue weighted by Crippen LogP contribution is -2.00. The molecule has 8 heteroatoms. The molecule has 0 amide bonds. The van der Waals surface area contributed by atoms with Gasteiger partial charge in [0.15, 0.2) is 5.76 Å². The molecule has 4 rings (SSSR count). The van der Waals surface area contributed by atoms with Gasteiger partial charge in [-0.1, -0.05) is 24.3 Å². The molecule has 134 valence electrons. The van der Waals surface area contributed by atoms with E-state index in [1.165, 1.54) is 30.5 Å². The lowest BCUT2D eigenvalue weighted by Gasteiger charge is -2.07. The number of halogens is 1. The number of aromatic nitrogens is 2. The van der Waals surface area contributed by atoms with Gasteiger partial charge in [0.1, 0.15) is 10.7 Å². The first-order chi connectivity index (χ1) is 13.1. The van der Waals surface area contributed by atoms with Crippen LogP contribution in [0, 0.1) is 15.9 Å². The summed E-state index contributed by atoms with van der Waals surface area (Å²) in [5.74, 6) is -0.0415. The zero-order chi connectivity index (χ0) is 18.8. The van der Waals surface area contributed by atoms with E-state index in [4.69, 9.17) is 4.42 Å². The molecule has 27 heavy (non-hydrogen) atoms. The van der Waals surface area contributed by atoms with Crippen LogP contribution in [-0.4, -0.2) is 20.7 Å². The topological polar surface area (TPSA) is 86.5 Å². The second kappa shape index (κ2) is 6.83. The molecule has 0 aliphatic rings. The zero-order valence-corrected chi connectivity index (χ0v) is 13.9. The Balaban J connectivity index is 1.73. The Morgan fingerprint density at radius 2 is 2.04 bits per heavy atom. The summed E-state index contributed by atoms with van der Waals surface area (Å²) < 4.78 is 20.5. The van der Waals surface area contributed by atoms with Gasteiger partial charge in [-0.05, 0) is 35.9 Å². The molecule has 0 saturated carbocycles. The molecule has 0 fully saturated rings. The molecule has 0 N–H and O–H groups in total. The number of benzene rings is 2. The standard InChI is InChI=1S/C19H13FN4O3/c20-14-5-3-4-13(10-14)12-23-17-7-2-1-6-16(17)22-19(23)21-11-15-8-9-18(27-15)24(25)26/h1-11H,12H2. The van der Waals surface area contributed by atoms with Crippen LogP contribution in [0.15, 0.2) is 70.1 Å². The molecule has 0 unspecified atom stereocenters. The zero-order valence-electron chi connectivity index (χ0n) is 13.9. The molecule has 0 aliphatic heterocycles. The molecule has 7 nitrogen and oxygen atoms in total. The fourth-order valence-electron chi connectivity index (χ4n) is 2.77. The van der Waals surface area contributed by atoms with E-state index >= 15 is 0 Å². The van der Waals surface area contributed by atoms with Crippen molar-refractivity contribution in [3.8, 4) is 0 Å². The molecule has 0 saturated heterocycles. The van der Waals surface area contributed by atoms with E-state index < -0.39 is 4.92 Å². The largest absolute Gasteiger partial charge is 0.433 e. The maximum atomic E-state index is 13.5. The van der Waals surface area contributed by atoms with Crippen LogP contribution in [0.1, 0.15) is 11.3 Å². The van der Waals surface area contributed by atoms with Gasteiger partial charge < -0.3 is 8.98 Å². The quantitative estimate of drug-likeness (QED) is 0.297. The monoisotopic (exact) mass is 364 g/mol. The number of furan rings is 1. The summed E-state index contributed by atoms with van der Waals surface area (Å²) >= 11 is 0.